The first-order chi connectivity index (χ1) is 9.25. The Kier molecular flexibility index (Phi) is 3.62. The summed E-state index contributed by atoms with van der Waals surface area (Å²) in [4.78, 5) is 14.7. The molecule has 1 saturated heterocycles. The highest BCUT2D eigenvalue weighted by molar-refractivity contribution is 7.99. The highest BCUT2D eigenvalue weighted by atomic mass is 32.2. The van der Waals surface area contributed by atoms with Gasteiger partial charge < -0.3 is 4.42 Å². The van der Waals surface area contributed by atoms with Crippen molar-refractivity contribution in [1.29, 1.82) is 0 Å². The van der Waals surface area contributed by atoms with E-state index in [9.17, 15) is 4.79 Å². The van der Waals surface area contributed by atoms with Crippen LogP contribution in [0.5, 0.6) is 0 Å². The van der Waals surface area contributed by atoms with Crippen LogP contribution in [0.1, 0.15) is 17.3 Å². The fourth-order valence-corrected chi connectivity index (χ4v) is 3.54. The lowest BCUT2D eigenvalue weighted by Crippen LogP contribution is -2.43. The predicted octanol–water partition coefficient (Wildman–Crippen LogP) is 3.05. The second-order valence-corrected chi connectivity index (χ2v) is 6.11. The lowest BCUT2D eigenvalue weighted by Gasteiger charge is -2.32. The van der Waals surface area contributed by atoms with Gasteiger partial charge in [-0.3, -0.25) is 9.69 Å². The fourth-order valence-electron chi connectivity index (χ4n) is 2.46. The van der Waals surface area contributed by atoms with Crippen LogP contribution in [0.3, 0.4) is 0 Å². The quantitative estimate of drug-likeness (QED) is 0.806. The summed E-state index contributed by atoms with van der Waals surface area (Å²) in [5.74, 6) is 2.38. The Labute approximate surface area is 117 Å². The van der Waals surface area contributed by atoms with E-state index in [0.717, 1.165) is 29.0 Å². The zero-order valence-electron chi connectivity index (χ0n) is 11.0. The molecule has 1 aliphatic heterocycles. The first-order valence-corrected chi connectivity index (χ1v) is 7.72. The van der Waals surface area contributed by atoms with E-state index in [1.54, 1.807) is 6.26 Å². The molecule has 0 radical (unpaired) electrons. The van der Waals surface area contributed by atoms with Crippen molar-refractivity contribution in [1.82, 2.24) is 4.90 Å². The Morgan fingerprint density at radius 3 is 3.16 bits per heavy atom. The molecule has 19 heavy (non-hydrogen) atoms. The van der Waals surface area contributed by atoms with E-state index in [2.05, 4.69) is 11.8 Å². The number of hydrogen-bond acceptors (Lipinski definition) is 4. The molecule has 1 aliphatic rings. The molecular weight excluding hydrogens is 258 g/mol. The molecule has 0 bridgehead atoms. The van der Waals surface area contributed by atoms with E-state index >= 15 is 0 Å². The third-order valence-corrected chi connectivity index (χ3v) is 4.82. The van der Waals surface area contributed by atoms with E-state index in [0.29, 0.717) is 18.2 Å². The van der Waals surface area contributed by atoms with Gasteiger partial charge in [0, 0.05) is 29.5 Å². The molecule has 3 rings (SSSR count). The van der Waals surface area contributed by atoms with E-state index in [1.807, 2.05) is 36.0 Å². The van der Waals surface area contributed by atoms with Crippen LogP contribution in [0.2, 0.25) is 0 Å². The smallest absolute Gasteiger partial charge is 0.180 e. The molecule has 0 aliphatic carbocycles. The van der Waals surface area contributed by atoms with Gasteiger partial charge in [-0.1, -0.05) is 18.2 Å². The van der Waals surface area contributed by atoms with E-state index < -0.39 is 0 Å². The summed E-state index contributed by atoms with van der Waals surface area (Å²) < 4.78 is 5.44. The first-order valence-electron chi connectivity index (χ1n) is 6.57. The lowest BCUT2D eigenvalue weighted by atomic mass is 10.1. The fraction of sp³-hybridized carbons (Fsp3) is 0.400. The average molecular weight is 275 g/mol. The van der Waals surface area contributed by atoms with E-state index in [4.69, 9.17) is 4.42 Å². The molecule has 1 fully saturated rings. The van der Waals surface area contributed by atoms with Crippen molar-refractivity contribution in [3.8, 4) is 0 Å². The van der Waals surface area contributed by atoms with Crippen LogP contribution in [-0.4, -0.2) is 41.3 Å². The predicted molar refractivity (Wildman–Crippen MR) is 78.9 cm³/mol. The minimum Gasteiger partial charge on any atom is -0.464 e. The Hall–Kier alpha value is -1.26. The van der Waals surface area contributed by atoms with Crippen molar-refractivity contribution in [2.75, 3.05) is 24.6 Å². The maximum atomic E-state index is 12.4. The zero-order chi connectivity index (χ0) is 13.2. The van der Waals surface area contributed by atoms with Crippen LogP contribution in [0.4, 0.5) is 0 Å². The van der Waals surface area contributed by atoms with Crippen LogP contribution in [-0.2, 0) is 0 Å². The molecule has 0 amide bonds. The van der Waals surface area contributed by atoms with Crippen molar-refractivity contribution in [2.24, 2.45) is 0 Å². The molecule has 2 heterocycles. The number of thioether (sulfide) groups is 1. The Morgan fingerprint density at radius 2 is 2.32 bits per heavy atom. The Bertz CT molecular complexity index is 593. The van der Waals surface area contributed by atoms with Gasteiger partial charge >= 0.3 is 0 Å². The van der Waals surface area contributed by atoms with Crippen LogP contribution in [0.25, 0.3) is 11.0 Å². The van der Waals surface area contributed by atoms with Crippen LogP contribution >= 0.6 is 11.8 Å². The lowest BCUT2D eigenvalue weighted by molar-refractivity contribution is 0.0912. The summed E-state index contributed by atoms with van der Waals surface area (Å²) in [5.41, 5.74) is 1.49. The van der Waals surface area contributed by atoms with Gasteiger partial charge in [-0.25, -0.2) is 0 Å². The molecule has 1 aromatic heterocycles. The van der Waals surface area contributed by atoms with Gasteiger partial charge in [0.05, 0.1) is 12.1 Å². The Morgan fingerprint density at radius 1 is 1.47 bits per heavy atom. The van der Waals surface area contributed by atoms with Crippen LogP contribution in [0, 0.1) is 0 Å². The zero-order valence-corrected chi connectivity index (χ0v) is 11.8. The molecular formula is C15H17NO2S. The third kappa shape index (κ3) is 2.55. The number of fused-ring (bicyclic) bond motifs is 1. The molecule has 3 nitrogen and oxygen atoms in total. The largest absolute Gasteiger partial charge is 0.464 e. The molecule has 2 aromatic rings. The third-order valence-electron chi connectivity index (χ3n) is 3.63. The monoisotopic (exact) mass is 275 g/mol. The summed E-state index contributed by atoms with van der Waals surface area (Å²) in [5, 5.41) is 0.923. The van der Waals surface area contributed by atoms with Crippen molar-refractivity contribution in [3.05, 3.63) is 36.1 Å². The highest BCUT2D eigenvalue weighted by Gasteiger charge is 2.23. The standard InChI is InChI=1S/C15H17NO2S/c1-11-10-19-7-6-16(11)8-14(17)13-9-18-15-5-3-2-4-12(13)15/h2-5,9,11H,6-8,10H2,1H3. The van der Waals surface area contributed by atoms with Crippen LogP contribution < -0.4 is 0 Å². The summed E-state index contributed by atoms with van der Waals surface area (Å²) >= 11 is 1.96. The van der Waals surface area contributed by atoms with Gasteiger partial charge in [0.1, 0.15) is 11.8 Å². The minimum absolute atomic E-state index is 0.156. The van der Waals surface area contributed by atoms with Crippen LogP contribution in [0.15, 0.2) is 34.9 Å². The maximum Gasteiger partial charge on any atom is 0.180 e. The average Bonchev–Trinajstić information content (AvgIpc) is 2.85. The number of hydrogen-bond donors (Lipinski definition) is 0. The number of nitrogens with zero attached hydrogens (tertiary/aromatic N) is 1. The van der Waals surface area contributed by atoms with Crippen molar-refractivity contribution < 1.29 is 9.21 Å². The summed E-state index contributed by atoms with van der Waals surface area (Å²) in [6.07, 6.45) is 1.59. The van der Waals surface area contributed by atoms with Gasteiger partial charge in [0.25, 0.3) is 0 Å². The summed E-state index contributed by atoms with van der Waals surface area (Å²) in [7, 11) is 0. The second-order valence-electron chi connectivity index (χ2n) is 4.96. The number of ketones is 1. The van der Waals surface area contributed by atoms with Crippen molar-refractivity contribution in [2.45, 2.75) is 13.0 Å². The van der Waals surface area contributed by atoms with E-state index in [1.165, 1.54) is 0 Å². The molecule has 0 N–H and O–H groups in total. The summed E-state index contributed by atoms with van der Waals surface area (Å²) in [6.45, 7) is 3.67. The number of Topliss-reactive ketones (excluding diaryl/α,β-unsaturated/α-hetero) is 1. The number of furan rings is 1. The molecule has 100 valence electrons. The molecule has 1 atom stereocenters. The molecule has 1 aromatic carbocycles. The first kappa shape index (κ1) is 12.8. The summed E-state index contributed by atoms with van der Waals surface area (Å²) in [6, 6.07) is 8.17. The van der Waals surface area contributed by atoms with E-state index in [-0.39, 0.29) is 5.78 Å². The number of para-hydroxylation sites is 1. The normalized spacial score (nSPS) is 20.8. The number of rotatable bonds is 3. The van der Waals surface area contributed by atoms with Gasteiger partial charge in [-0.05, 0) is 13.0 Å². The van der Waals surface area contributed by atoms with Gasteiger partial charge in [-0.2, -0.15) is 11.8 Å². The van der Waals surface area contributed by atoms with Crippen molar-refractivity contribution in [3.63, 3.8) is 0 Å². The van der Waals surface area contributed by atoms with Crippen molar-refractivity contribution >= 4 is 28.5 Å². The number of benzene rings is 1. The minimum atomic E-state index is 0.156. The van der Waals surface area contributed by atoms with Gasteiger partial charge in [-0.15, -0.1) is 0 Å². The topological polar surface area (TPSA) is 33.5 Å². The Balaban J connectivity index is 1.80. The van der Waals surface area contributed by atoms with Gasteiger partial charge in [0.15, 0.2) is 5.78 Å². The SMILES string of the molecule is CC1CSCCN1CC(=O)c1coc2ccccc12. The van der Waals surface area contributed by atoms with Gasteiger partial charge in [0.2, 0.25) is 0 Å². The highest BCUT2D eigenvalue weighted by Crippen LogP contribution is 2.22. The molecule has 0 saturated carbocycles. The second kappa shape index (κ2) is 5.39. The maximum absolute atomic E-state index is 12.4. The number of carbonyl (C=O) groups is 1. The molecule has 0 spiro atoms. The molecule has 1 unspecified atom stereocenters. The molecule has 4 heteroatoms. The number of carbonyl (C=O) groups excluding carboxylic acids is 1.